The van der Waals surface area contributed by atoms with Crippen LogP contribution in [0.2, 0.25) is 0 Å². The zero-order valence-corrected chi connectivity index (χ0v) is 18.9. The molecule has 1 aromatic carbocycles. The Morgan fingerprint density at radius 3 is 2.53 bits per heavy atom. The maximum absolute atomic E-state index is 5.57. The Hall–Kier alpha value is -1.87. The first-order valence-corrected chi connectivity index (χ1v) is 10.9. The molecule has 2 aliphatic heterocycles. The number of ether oxygens (including phenoxy) is 2. The summed E-state index contributed by atoms with van der Waals surface area (Å²) in [6, 6.07) is 9.12. The minimum absolute atomic E-state index is 0.252. The number of nitrogens with zero attached hydrogens (tertiary/aromatic N) is 4. The fourth-order valence-corrected chi connectivity index (χ4v) is 4.12. The van der Waals surface area contributed by atoms with Gasteiger partial charge in [0.15, 0.2) is 5.96 Å². The molecule has 168 valence electrons. The van der Waals surface area contributed by atoms with Crippen LogP contribution in [0.3, 0.4) is 0 Å². The third-order valence-corrected chi connectivity index (χ3v) is 6.16. The second-order valence-electron chi connectivity index (χ2n) is 8.17. The predicted octanol–water partition coefficient (Wildman–Crippen LogP) is 0.479. The van der Waals surface area contributed by atoms with E-state index < -0.39 is 0 Å². The van der Waals surface area contributed by atoms with Gasteiger partial charge in [-0.25, -0.2) is 0 Å². The molecule has 0 radical (unpaired) electrons. The molecule has 0 saturated carbocycles. The summed E-state index contributed by atoms with van der Waals surface area (Å²) in [7, 11) is 7.93. The second-order valence-corrected chi connectivity index (χ2v) is 8.17. The summed E-state index contributed by atoms with van der Waals surface area (Å²) in [6.07, 6.45) is 0. The van der Waals surface area contributed by atoms with Crippen molar-refractivity contribution < 1.29 is 9.47 Å². The van der Waals surface area contributed by atoms with Crippen molar-refractivity contribution in [2.24, 2.45) is 4.99 Å². The molecule has 0 aromatic heterocycles. The molecule has 2 N–H and O–H groups in total. The molecule has 2 aliphatic rings. The predicted molar refractivity (Wildman–Crippen MR) is 121 cm³/mol. The lowest BCUT2D eigenvalue weighted by molar-refractivity contribution is 0.0170. The van der Waals surface area contributed by atoms with Crippen molar-refractivity contribution >= 4 is 5.96 Å². The summed E-state index contributed by atoms with van der Waals surface area (Å²) < 4.78 is 10.9. The Kier molecular flexibility index (Phi) is 8.74. The number of benzene rings is 1. The third-order valence-electron chi connectivity index (χ3n) is 6.16. The van der Waals surface area contributed by atoms with Crippen molar-refractivity contribution in [1.29, 1.82) is 0 Å². The van der Waals surface area contributed by atoms with Gasteiger partial charge in [-0.05, 0) is 31.8 Å². The molecule has 0 spiro atoms. The van der Waals surface area contributed by atoms with E-state index in [1.165, 1.54) is 5.56 Å². The molecule has 0 amide bonds. The number of rotatable bonds is 7. The minimum atomic E-state index is 0.252. The van der Waals surface area contributed by atoms with Crippen LogP contribution in [-0.4, -0.2) is 114 Å². The van der Waals surface area contributed by atoms with Gasteiger partial charge >= 0.3 is 0 Å². The van der Waals surface area contributed by atoms with E-state index in [1.54, 1.807) is 7.11 Å². The monoisotopic (exact) mass is 418 g/mol. The normalized spacial score (nSPS) is 23.2. The summed E-state index contributed by atoms with van der Waals surface area (Å²) in [5.74, 6) is 1.73. The SMILES string of the molecule is CN=C(NCC1CN(C)CCN1C)NCC(c1ccc(OC)cc1)N1CCOCC1. The average Bonchev–Trinajstić information content (AvgIpc) is 2.79. The Bertz CT molecular complexity index is 662. The van der Waals surface area contributed by atoms with Crippen LogP contribution in [0.5, 0.6) is 5.75 Å². The van der Waals surface area contributed by atoms with Crippen molar-refractivity contribution in [2.75, 3.05) is 87.3 Å². The van der Waals surface area contributed by atoms with E-state index in [4.69, 9.17) is 9.47 Å². The Morgan fingerprint density at radius 1 is 1.13 bits per heavy atom. The molecule has 2 saturated heterocycles. The summed E-state index contributed by atoms with van der Waals surface area (Å²) >= 11 is 0. The summed E-state index contributed by atoms with van der Waals surface area (Å²) in [5, 5.41) is 7.08. The minimum Gasteiger partial charge on any atom is -0.497 e. The molecular formula is C22H38N6O2. The highest BCUT2D eigenvalue weighted by Crippen LogP contribution is 2.23. The number of aliphatic imine (C=N–C) groups is 1. The smallest absolute Gasteiger partial charge is 0.191 e. The van der Waals surface area contributed by atoms with Gasteiger partial charge in [0.1, 0.15) is 5.75 Å². The highest BCUT2D eigenvalue weighted by Gasteiger charge is 2.24. The molecule has 1 aromatic rings. The Morgan fingerprint density at radius 2 is 1.87 bits per heavy atom. The van der Waals surface area contributed by atoms with Crippen molar-refractivity contribution in [3.63, 3.8) is 0 Å². The number of piperazine rings is 1. The van der Waals surface area contributed by atoms with Crippen LogP contribution in [0.25, 0.3) is 0 Å². The average molecular weight is 419 g/mol. The molecule has 3 rings (SSSR count). The van der Waals surface area contributed by atoms with Gasteiger partial charge in [-0.15, -0.1) is 0 Å². The first-order chi connectivity index (χ1) is 14.6. The molecule has 8 heteroatoms. The zero-order chi connectivity index (χ0) is 21.3. The third kappa shape index (κ3) is 6.31. The summed E-state index contributed by atoms with van der Waals surface area (Å²) in [5.41, 5.74) is 1.27. The van der Waals surface area contributed by atoms with Crippen molar-refractivity contribution in [1.82, 2.24) is 25.3 Å². The van der Waals surface area contributed by atoms with Crippen LogP contribution < -0.4 is 15.4 Å². The lowest BCUT2D eigenvalue weighted by atomic mass is 10.0. The van der Waals surface area contributed by atoms with Gasteiger partial charge in [0.2, 0.25) is 0 Å². The standard InChI is InChI=1S/C22H38N6O2/c1-23-22(24-15-19-17-26(2)9-10-27(19)3)25-16-21(28-11-13-30-14-12-28)18-5-7-20(29-4)8-6-18/h5-8,19,21H,9-17H2,1-4H3,(H2,23,24,25). The zero-order valence-electron chi connectivity index (χ0n) is 18.9. The summed E-state index contributed by atoms with van der Waals surface area (Å²) in [4.78, 5) is 11.7. The number of guanidine groups is 1. The first-order valence-electron chi connectivity index (χ1n) is 10.9. The maximum Gasteiger partial charge on any atom is 0.191 e. The van der Waals surface area contributed by atoms with Gasteiger partial charge in [0.25, 0.3) is 0 Å². The molecule has 2 fully saturated rings. The van der Waals surface area contributed by atoms with E-state index in [-0.39, 0.29) is 6.04 Å². The lowest BCUT2D eigenvalue weighted by Gasteiger charge is -2.38. The maximum atomic E-state index is 5.57. The van der Waals surface area contributed by atoms with Crippen molar-refractivity contribution in [3.8, 4) is 5.75 Å². The molecule has 2 unspecified atom stereocenters. The van der Waals surface area contributed by atoms with E-state index in [1.807, 2.05) is 19.2 Å². The van der Waals surface area contributed by atoms with Crippen LogP contribution in [0.1, 0.15) is 11.6 Å². The highest BCUT2D eigenvalue weighted by molar-refractivity contribution is 5.79. The second kappa shape index (κ2) is 11.5. The van der Waals surface area contributed by atoms with Crippen LogP contribution in [0.4, 0.5) is 0 Å². The number of hydrogen-bond acceptors (Lipinski definition) is 6. The topological polar surface area (TPSA) is 64.6 Å². The molecule has 0 bridgehead atoms. The number of methoxy groups -OCH3 is 1. The van der Waals surface area contributed by atoms with Crippen molar-refractivity contribution in [2.45, 2.75) is 12.1 Å². The molecular weight excluding hydrogens is 380 g/mol. The number of nitrogens with one attached hydrogen (secondary N) is 2. The van der Waals surface area contributed by atoms with Gasteiger partial charge < -0.3 is 25.0 Å². The summed E-state index contributed by atoms with van der Waals surface area (Å²) in [6.45, 7) is 8.39. The van der Waals surface area contributed by atoms with E-state index >= 15 is 0 Å². The number of hydrogen-bond donors (Lipinski definition) is 2. The molecule has 8 nitrogen and oxygen atoms in total. The fraction of sp³-hybridized carbons (Fsp3) is 0.682. The highest BCUT2D eigenvalue weighted by atomic mass is 16.5. The Labute approximate surface area is 181 Å². The van der Waals surface area contributed by atoms with Crippen LogP contribution >= 0.6 is 0 Å². The van der Waals surface area contributed by atoms with Gasteiger partial charge in [0, 0.05) is 58.9 Å². The molecule has 0 aliphatic carbocycles. The number of morpholine rings is 1. The Balaban J connectivity index is 1.59. The van der Waals surface area contributed by atoms with E-state index in [2.05, 4.69) is 56.6 Å². The van der Waals surface area contributed by atoms with Crippen LogP contribution in [0, 0.1) is 0 Å². The largest absolute Gasteiger partial charge is 0.497 e. The van der Waals surface area contributed by atoms with Gasteiger partial charge in [-0.1, -0.05) is 12.1 Å². The van der Waals surface area contributed by atoms with Crippen LogP contribution in [0.15, 0.2) is 29.3 Å². The van der Waals surface area contributed by atoms with E-state index in [0.717, 1.165) is 70.7 Å². The molecule has 2 heterocycles. The fourth-order valence-electron chi connectivity index (χ4n) is 4.12. The quantitative estimate of drug-likeness (QED) is 0.493. The van der Waals surface area contributed by atoms with E-state index in [0.29, 0.717) is 6.04 Å². The lowest BCUT2D eigenvalue weighted by Crippen LogP contribution is -2.55. The number of likely N-dealkylation sites (N-methyl/N-ethyl adjacent to an activating group) is 2. The first kappa shape index (κ1) is 22.8. The van der Waals surface area contributed by atoms with Gasteiger partial charge in [0.05, 0.1) is 26.4 Å². The van der Waals surface area contributed by atoms with Gasteiger partial charge in [-0.2, -0.15) is 0 Å². The van der Waals surface area contributed by atoms with Crippen molar-refractivity contribution in [3.05, 3.63) is 29.8 Å². The van der Waals surface area contributed by atoms with Crippen LogP contribution in [-0.2, 0) is 4.74 Å². The van der Waals surface area contributed by atoms with Gasteiger partial charge in [-0.3, -0.25) is 14.8 Å². The molecule has 30 heavy (non-hydrogen) atoms. The van der Waals surface area contributed by atoms with E-state index in [9.17, 15) is 0 Å². The molecule has 2 atom stereocenters.